The number of hydrogen-bond donors (Lipinski definition) is 1. The summed E-state index contributed by atoms with van der Waals surface area (Å²) in [6, 6.07) is 0. The minimum Gasteiger partial charge on any atom is -0.413 e. The van der Waals surface area contributed by atoms with Crippen LogP contribution in [0.1, 0.15) is 39.1 Å². The SMILES string of the molecule is C=C(C)c1ncnc(/C=C/CO[Si](C)(C)C(C)(C)C)c1N. The third-order valence-electron chi connectivity index (χ3n) is 3.94. The molecule has 0 saturated heterocycles. The summed E-state index contributed by atoms with van der Waals surface area (Å²) in [5.41, 5.74) is 8.86. The number of hydrogen-bond acceptors (Lipinski definition) is 4. The Hall–Kier alpha value is -1.46. The molecule has 0 radical (unpaired) electrons. The summed E-state index contributed by atoms with van der Waals surface area (Å²) in [5.74, 6) is 0. The first-order valence-corrected chi connectivity index (χ1v) is 10.0. The molecule has 0 aliphatic carbocycles. The first kappa shape index (κ1) is 17.6. The summed E-state index contributed by atoms with van der Waals surface area (Å²) in [6.07, 6.45) is 5.35. The topological polar surface area (TPSA) is 61.0 Å². The Balaban J connectivity index is 2.76. The lowest BCUT2D eigenvalue weighted by Gasteiger charge is -2.35. The molecule has 4 nitrogen and oxygen atoms in total. The highest BCUT2D eigenvalue weighted by atomic mass is 28.4. The van der Waals surface area contributed by atoms with E-state index in [4.69, 9.17) is 10.2 Å². The van der Waals surface area contributed by atoms with Crippen LogP contribution in [0.5, 0.6) is 0 Å². The highest BCUT2D eigenvalue weighted by Crippen LogP contribution is 2.36. The second-order valence-electron chi connectivity index (χ2n) is 6.78. The van der Waals surface area contributed by atoms with Gasteiger partial charge in [0, 0.05) is 0 Å². The Morgan fingerprint density at radius 3 is 2.52 bits per heavy atom. The fraction of sp³-hybridized carbons (Fsp3) is 0.500. The molecule has 0 fully saturated rings. The van der Waals surface area contributed by atoms with E-state index in [1.165, 1.54) is 6.33 Å². The van der Waals surface area contributed by atoms with Crippen molar-refractivity contribution in [1.29, 1.82) is 0 Å². The van der Waals surface area contributed by atoms with Gasteiger partial charge in [0.05, 0.1) is 23.7 Å². The molecule has 0 atom stereocenters. The van der Waals surface area contributed by atoms with Crippen molar-refractivity contribution < 1.29 is 4.43 Å². The molecule has 1 heterocycles. The molecule has 0 bridgehead atoms. The normalized spacial score (nSPS) is 12.9. The molecule has 0 aliphatic heterocycles. The van der Waals surface area contributed by atoms with Crippen LogP contribution in [0.25, 0.3) is 11.6 Å². The number of aromatic nitrogens is 2. The lowest BCUT2D eigenvalue weighted by Crippen LogP contribution is -2.40. The number of nitrogens with two attached hydrogens (primary N) is 1. The zero-order chi connectivity index (χ0) is 16.3. The van der Waals surface area contributed by atoms with Crippen molar-refractivity contribution >= 4 is 25.7 Å². The highest BCUT2D eigenvalue weighted by Gasteiger charge is 2.36. The standard InChI is InChI=1S/C16H27N3OSi/c1-12(2)15-14(17)13(18-11-19-15)9-8-10-20-21(6,7)16(3,4)5/h8-9,11H,1,10,17H2,2-7H3/b9-8+. The van der Waals surface area contributed by atoms with E-state index in [9.17, 15) is 0 Å². The minimum absolute atomic E-state index is 0.210. The van der Waals surface area contributed by atoms with Gasteiger partial charge in [0.2, 0.25) is 0 Å². The van der Waals surface area contributed by atoms with Crippen molar-refractivity contribution in [2.45, 2.75) is 45.8 Å². The lowest BCUT2D eigenvalue weighted by molar-refractivity contribution is 0.328. The Kier molecular flexibility index (Phi) is 5.47. The molecule has 1 aromatic heterocycles. The van der Waals surface area contributed by atoms with Crippen molar-refractivity contribution in [2.24, 2.45) is 0 Å². The second-order valence-corrected chi connectivity index (χ2v) is 11.6. The Morgan fingerprint density at radius 2 is 2.00 bits per heavy atom. The van der Waals surface area contributed by atoms with Gasteiger partial charge in [-0.2, -0.15) is 0 Å². The van der Waals surface area contributed by atoms with E-state index in [0.717, 1.165) is 5.57 Å². The number of nitrogens with zero attached hydrogens (tertiary/aromatic N) is 2. The molecule has 0 saturated carbocycles. The fourth-order valence-corrected chi connectivity index (χ4v) is 2.46. The van der Waals surface area contributed by atoms with E-state index in [0.29, 0.717) is 23.7 Å². The number of allylic oxidation sites excluding steroid dienone is 1. The molecule has 0 unspecified atom stereocenters. The molecule has 0 aromatic carbocycles. The van der Waals surface area contributed by atoms with Crippen LogP contribution in [0.4, 0.5) is 5.69 Å². The van der Waals surface area contributed by atoms with Crippen LogP contribution < -0.4 is 5.73 Å². The van der Waals surface area contributed by atoms with Gasteiger partial charge in [-0.1, -0.05) is 33.4 Å². The molecule has 1 aromatic rings. The highest BCUT2D eigenvalue weighted by molar-refractivity contribution is 6.74. The van der Waals surface area contributed by atoms with Crippen molar-refractivity contribution in [3.05, 3.63) is 30.4 Å². The molecule has 21 heavy (non-hydrogen) atoms. The van der Waals surface area contributed by atoms with Gasteiger partial charge in [0.25, 0.3) is 0 Å². The quantitative estimate of drug-likeness (QED) is 0.831. The van der Waals surface area contributed by atoms with Gasteiger partial charge < -0.3 is 10.2 Å². The summed E-state index contributed by atoms with van der Waals surface area (Å²) in [7, 11) is -1.71. The molecular formula is C16H27N3OSi. The van der Waals surface area contributed by atoms with Crippen molar-refractivity contribution in [3.8, 4) is 0 Å². The van der Waals surface area contributed by atoms with Gasteiger partial charge in [-0.3, -0.25) is 0 Å². The summed E-state index contributed by atoms with van der Waals surface area (Å²) in [5, 5.41) is 0.210. The second kappa shape index (κ2) is 6.53. The molecule has 0 aliphatic rings. The van der Waals surface area contributed by atoms with E-state index < -0.39 is 8.32 Å². The zero-order valence-electron chi connectivity index (χ0n) is 14.0. The van der Waals surface area contributed by atoms with Gasteiger partial charge >= 0.3 is 0 Å². The molecule has 116 valence electrons. The van der Waals surface area contributed by atoms with Crippen LogP contribution >= 0.6 is 0 Å². The first-order chi connectivity index (χ1) is 9.56. The monoisotopic (exact) mass is 305 g/mol. The van der Waals surface area contributed by atoms with Crippen molar-refractivity contribution in [2.75, 3.05) is 12.3 Å². The average Bonchev–Trinajstić information content (AvgIpc) is 2.34. The summed E-state index contributed by atoms with van der Waals surface area (Å²) >= 11 is 0. The maximum Gasteiger partial charge on any atom is 0.192 e. The lowest BCUT2D eigenvalue weighted by atomic mass is 10.1. The summed E-state index contributed by atoms with van der Waals surface area (Å²) < 4.78 is 6.08. The Bertz CT molecular complexity index is 545. The van der Waals surface area contributed by atoms with Gasteiger partial charge in [-0.05, 0) is 36.7 Å². The maximum absolute atomic E-state index is 6.08. The van der Waals surface area contributed by atoms with Crippen LogP contribution in [-0.4, -0.2) is 24.9 Å². The van der Waals surface area contributed by atoms with E-state index in [1.807, 2.05) is 19.1 Å². The zero-order valence-corrected chi connectivity index (χ0v) is 15.0. The Morgan fingerprint density at radius 1 is 1.38 bits per heavy atom. The molecule has 2 N–H and O–H groups in total. The van der Waals surface area contributed by atoms with Gasteiger partial charge in [0.1, 0.15) is 6.33 Å². The van der Waals surface area contributed by atoms with Crippen molar-refractivity contribution in [1.82, 2.24) is 9.97 Å². The first-order valence-electron chi connectivity index (χ1n) is 7.13. The third-order valence-corrected chi connectivity index (χ3v) is 8.44. The molecule has 0 spiro atoms. The van der Waals surface area contributed by atoms with Crippen LogP contribution in [0.3, 0.4) is 0 Å². The van der Waals surface area contributed by atoms with Crippen LogP contribution in [0.15, 0.2) is 19.0 Å². The van der Waals surface area contributed by atoms with Gasteiger partial charge in [-0.15, -0.1) is 0 Å². The van der Waals surface area contributed by atoms with E-state index in [-0.39, 0.29) is 5.04 Å². The molecular weight excluding hydrogens is 278 g/mol. The van der Waals surface area contributed by atoms with E-state index >= 15 is 0 Å². The predicted octanol–water partition coefficient (Wildman–Crippen LogP) is 4.13. The largest absolute Gasteiger partial charge is 0.413 e. The number of anilines is 1. The average molecular weight is 305 g/mol. The van der Waals surface area contributed by atoms with Crippen molar-refractivity contribution in [3.63, 3.8) is 0 Å². The molecule has 1 rings (SSSR count). The maximum atomic E-state index is 6.08. The minimum atomic E-state index is -1.71. The molecule has 0 amide bonds. The Labute approximate surface area is 129 Å². The third kappa shape index (κ3) is 4.51. The van der Waals surface area contributed by atoms with Gasteiger partial charge in [-0.25, -0.2) is 9.97 Å². The van der Waals surface area contributed by atoms with Crippen LogP contribution in [-0.2, 0) is 4.43 Å². The summed E-state index contributed by atoms with van der Waals surface area (Å²) in [6.45, 7) is 17.5. The fourth-order valence-electron chi connectivity index (χ4n) is 1.51. The molecule has 5 heteroatoms. The van der Waals surface area contributed by atoms with E-state index in [1.54, 1.807) is 0 Å². The van der Waals surface area contributed by atoms with Crippen LogP contribution in [0, 0.1) is 0 Å². The smallest absolute Gasteiger partial charge is 0.192 e. The number of rotatable bonds is 5. The van der Waals surface area contributed by atoms with E-state index in [2.05, 4.69) is 50.4 Å². The van der Waals surface area contributed by atoms with Crippen LogP contribution in [0.2, 0.25) is 18.1 Å². The van der Waals surface area contributed by atoms with Gasteiger partial charge in [0.15, 0.2) is 8.32 Å². The number of nitrogen functional groups attached to an aromatic ring is 1. The predicted molar refractivity (Wildman–Crippen MR) is 93.3 cm³/mol. The summed E-state index contributed by atoms with van der Waals surface area (Å²) in [4.78, 5) is 8.34.